The molecule has 20 heavy (non-hydrogen) atoms. The normalized spacial score (nSPS) is 19.4. The Bertz CT molecular complexity index is 595. The Morgan fingerprint density at radius 1 is 1.30 bits per heavy atom. The third-order valence-electron chi connectivity index (χ3n) is 4.41. The van der Waals surface area contributed by atoms with E-state index in [1.54, 1.807) is 6.33 Å². The Balaban J connectivity index is 1.75. The molecule has 108 valence electrons. The molecule has 0 spiro atoms. The molecule has 5 heteroatoms. The van der Waals surface area contributed by atoms with E-state index in [-0.39, 0.29) is 0 Å². The third kappa shape index (κ3) is 2.63. The van der Waals surface area contributed by atoms with Gasteiger partial charge in [0, 0.05) is 6.54 Å². The van der Waals surface area contributed by atoms with Crippen LogP contribution in [-0.2, 0) is 0 Å². The molecule has 0 radical (unpaired) electrons. The highest BCUT2D eigenvalue weighted by Crippen LogP contribution is 2.30. The lowest BCUT2D eigenvalue weighted by Crippen LogP contribution is -2.40. The van der Waals surface area contributed by atoms with E-state index in [4.69, 9.17) is 0 Å². The molecule has 2 aromatic rings. The minimum atomic E-state index is 0.364. The Kier molecular flexibility index (Phi) is 3.38. The summed E-state index contributed by atoms with van der Waals surface area (Å²) in [6.07, 6.45) is 4.09. The first kappa shape index (κ1) is 13.4. The van der Waals surface area contributed by atoms with Crippen LogP contribution in [0.2, 0.25) is 0 Å². The van der Waals surface area contributed by atoms with Crippen LogP contribution in [0.3, 0.4) is 0 Å². The van der Waals surface area contributed by atoms with E-state index in [0.29, 0.717) is 5.41 Å². The fourth-order valence-corrected chi connectivity index (χ4v) is 2.82. The van der Waals surface area contributed by atoms with Gasteiger partial charge in [0.1, 0.15) is 12.1 Å². The highest BCUT2D eigenvalue weighted by Gasteiger charge is 2.28. The number of nitrogens with one attached hydrogen (secondary N) is 1. The SMILES string of the molecule is Cc1cc(NCC2(C)CCN(C)CC2)n2ncnc2c1. The summed E-state index contributed by atoms with van der Waals surface area (Å²) >= 11 is 0. The van der Waals surface area contributed by atoms with Gasteiger partial charge in [0.15, 0.2) is 5.65 Å². The van der Waals surface area contributed by atoms with E-state index in [9.17, 15) is 0 Å². The van der Waals surface area contributed by atoms with Gasteiger partial charge in [-0.3, -0.25) is 0 Å². The van der Waals surface area contributed by atoms with Crippen LogP contribution in [0, 0.1) is 12.3 Å². The minimum absolute atomic E-state index is 0.364. The van der Waals surface area contributed by atoms with Crippen molar-refractivity contribution >= 4 is 11.5 Å². The zero-order valence-electron chi connectivity index (χ0n) is 12.6. The van der Waals surface area contributed by atoms with Crippen LogP contribution < -0.4 is 5.32 Å². The van der Waals surface area contributed by atoms with Crippen molar-refractivity contribution in [1.82, 2.24) is 19.5 Å². The summed E-state index contributed by atoms with van der Waals surface area (Å²) in [5, 5.41) is 7.87. The zero-order chi connectivity index (χ0) is 14.2. The van der Waals surface area contributed by atoms with E-state index in [1.165, 1.54) is 31.5 Å². The van der Waals surface area contributed by atoms with E-state index in [0.717, 1.165) is 18.0 Å². The van der Waals surface area contributed by atoms with Crippen molar-refractivity contribution in [1.29, 1.82) is 0 Å². The Hall–Kier alpha value is -1.62. The molecular formula is C15H23N5. The topological polar surface area (TPSA) is 45.5 Å². The van der Waals surface area contributed by atoms with Crippen molar-refractivity contribution in [3.63, 3.8) is 0 Å². The van der Waals surface area contributed by atoms with E-state index in [1.807, 2.05) is 4.52 Å². The lowest BCUT2D eigenvalue weighted by molar-refractivity contribution is 0.150. The third-order valence-corrected chi connectivity index (χ3v) is 4.41. The van der Waals surface area contributed by atoms with Gasteiger partial charge in [0.25, 0.3) is 0 Å². The molecule has 3 rings (SSSR count). The maximum absolute atomic E-state index is 4.29. The first-order chi connectivity index (χ1) is 9.56. The Morgan fingerprint density at radius 2 is 2.05 bits per heavy atom. The molecular weight excluding hydrogens is 250 g/mol. The van der Waals surface area contributed by atoms with E-state index >= 15 is 0 Å². The fraction of sp³-hybridized carbons (Fsp3) is 0.600. The summed E-state index contributed by atoms with van der Waals surface area (Å²) in [5.74, 6) is 1.04. The lowest BCUT2D eigenvalue weighted by Gasteiger charge is -2.38. The van der Waals surface area contributed by atoms with Gasteiger partial charge in [-0.1, -0.05) is 6.92 Å². The molecule has 0 saturated carbocycles. The number of fused-ring (bicyclic) bond motifs is 1. The molecule has 1 aliphatic heterocycles. The number of aryl methyl sites for hydroxylation is 1. The number of hydrogen-bond donors (Lipinski definition) is 1. The van der Waals surface area contributed by atoms with Crippen LogP contribution in [0.5, 0.6) is 0 Å². The fourth-order valence-electron chi connectivity index (χ4n) is 2.82. The van der Waals surface area contributed by atoms with Crippen LogP contribution >= 0.6 is 0 Å². The minimum Gasteiger partial charge on any atom is -0.369 e. The van der Waals surface area contributed by atoms with Crippen molar-refractivity contribution in [2.75, 3.05) is 32.0 Å². The molecule has 5 nitrogen and oxygen atoms in total. The predicted octanol–water partition coefficient (Wildman–Crippen LogP) is 2.18. The van der Waals surface area contributed by atoms with Gasteiger partial charge in [-0.05, 0) is 63.0 Å². The van der Waals surface area contributed by atoms with E-state index < -0.39 is 0 Å². The maximum atomic E-state index is 4.29. The number of likely N-dealkylation sites (tertiary alicyclic amines) is 1. The molecule has 1 aliphatic rings. The van der Waals surface area contributed by atoms with Crippen molar-refractivity contribution < 1.29 is 0 Å². The predicted molar refractivity (Wildman–Crippen MR) is 81.1 cm³/mol. The first-order valence-corrected chi connectivity index (χ1v) is 7.29. The summed E-state index contributed by atoms with van der Waals surface area (Å²) in [5.41, 5.74) is 2.48. The van der Waals surface area contributed by atoms with E-state index in [2.05, 4.69) is 53.3 Å². The van der Waals surface area contributed by atoms with Crippen molar-refractivity contribution in [3.05, 3.63) is 24.0 Å². The molecule has 2 aromatic heterocycles. The summed E-state index contributed by atoms with van der Waals surface area (Å²) < 4.78 is 1.88. The molecule has 0 aromatic carbocycles. The van der Waals surface area contributed by atoms with Gasteiger partial charge in [-0.25, -0.2) is 4.98 Å². The van der Waals surface area contributed by atoms with Crippen molar-refractivity contribution in [2.24, 2.45) is 5.41 Å². The van der Waals surface area contributed by atoms with Gasteiger partial charge >= 0.3 is 0 Å². The number of anilines is 1. The molecule has 0 amide bonds. The standard InChI is InChI=1S/C15H23N5/c1-12-8-13(20-14(9-12)17-11-18-20)16-10-15(2)4-6-19(3)7-5-15/h8-9,11,16H,4-7,10H2,1-3H3. The zero-order valence-corrected chi connectivity index (χ0v) is 12.6. The molecule has 1 N–H and O–H groups in total. The largest absolute Gasteiger partial charge is 0.369 e. The molecule has 1 saturated heterocycles. The van der Waals surface area contributed by atoms with Gasteiger partial charge in [0.2, 0.25) is 0 Å². The molecule has 1 fully saturated rings. The number of piperidine rings is 1. The van der Waals surface area contributed by atoms with Crippen LogP contribution in [0.25, 0.3) is 5.65 Å². The summed E-state index contributed by atoms with van der Waals surface area (Å²) in [6.45, 7) is 7.83. The van der Waals surface area contributed by atoms with Crippen molar-refractivity contribution in [3.8, 4) is 0 Å². The average molecular weight is 273 g/mol. The first-order valence-electron chi connectivity index (χ1n) is 7.29. The second-order valence-corrected chi connectivity index (χ2v) is 6.42. The number of aromatic nitrogens is 3. The van der Waals surface area contributed by atoms with Crippen LogP contribution in [-0.4, -0.2) is 46.2 Å². The second-order valence-electron chi connectivity index (χ2n) is 6.42. The molecule has 3 heterocycles. The summed E-state index contributed by atoms with van der Waals surface area (Å²) in [7, 11) is 2.20. The van der Waals surface area contributed by atoms with Crippen molar-refractivity contribution in [2.45, 2.75) is 26.7 Å². The molecule has 0 unspecified atom stereocenters. The van der Waals surface area contributed by atoms with Crippen LogP contribution in [0.1, 0.15) is 25.3 Å². The van der Waals surface area contributed by atoms with Gasteiger partial charge < -0.3 is 10.2 Å². The van der Waals surface area contributed by atoms with Gasteiger partial charge in [-0.15, -0.1) is 0 Å². The number of rotatable bonds is 3. The van der Waals surface area contributed by atoms with Crippen LogP contribution in [0.4, 0.5) is 5.82 Å². The number of pyridine rings is 1. The quantitative estimate of drug-likeness (QED) is 0.931. The molecule has 0 aliphatic carbocycles. The average Bonchev–Trinajstić information content (AvgIpc) is 2.88. The Labute approximate surface area is 120 Å². The molecule has 0 atom stereocenters. The highest BCUT2D eigenvalue weighted by atomic mass is 15.3. The van der Waals surface area contributed by atoms with Crippen LogP contribution in [0.15, 0.2) is 18.5 Å². The lowest BCUT2D eigenvalue weighted by atomic mass is 9.80. The monoisotopic (exact) mass is 273 g/mol. The highest BCUT2D eigenvalue weighted by molar-refractivity contribution is 5.51. The summed E-state index contributed by atoms with van der Waals surface area (Å²) in [4.78, 5) is 6.67. The van der Waals surface area contributed by atoms with Gasteiger partial charge in [-0.2, -0.15) is 9.61 Å². The molecule has 0 bridgehead atoms. The van der Waals surface area contributed by atoms with Gasteiger partial charge in [0.05, 0.1) is 0 Å². The Morgan fingerprint density at radius 3 is 2.80 bits per heavy atom. The smallest absolute Gasteiger partial charge is 0.157 e. The number of nitrogens with zero attached hydrogens (tertiary/aromatic N) is 4. The number of hydrogen-bond acceptors (Lipinski definition) is 4. The maximum Gasteiger partial charge on any atom is 0.157 e. The second kappa shape index (κ2) is 5.05. The summed E-state index contributed by atoms with van der Waals surface area (Å²) in [6, 6.07) is 4.19.